The standard InChI is InChI=1S/C15H10ClN5O2/c16-8-2-1-3-9-10(8)14(22)19-13-11(17-6-21(9)13)15-18-12(20-23-15)7-4-5-7/h1-3,6-7H,4-5H2,(H,19,22). The molecule has 4 aromatic rings. The quantitative estimate of drug-likeness (QED) is 0.611. The lowest BCUT2D eigenvalue weighted by Crippen LogP contribution is -2.10. The predicted molar refractivity (Wildman–Crippen MR) is 83.6 cm³/mol. The monoisotopic (exact) mass is 327 g/mol. The van der Waals surface area contributed by atoms with E-state index >= 15 is 0 Å². The summed E-state index contributed by atoms with van der Waals surface area (Å²) < 4.78 is 7.07. The highest BCUT2D eigenvalue weighted by Gasteiger charge is 2.29. The Kier molecular flexibility index (Phi) is 2.47. The van der Waals surface area contributed by atoms with Crippen LogP contribution in [0.15, 0.2) is 33.8 Å². The van der Waals surface area contributed by atoms with Gasteiger partial charge in [0.2, 0.25) is 0 Å². The molecule has 23 heavy (non-hydrogen) atoms. The Labute approximate surface area is 133 Å². The number of benzene rings is 1. The maximum atomic E-state index is 12.4. The van der Waals surface area contributed by atoms with Gasteiger partial charge in [0.25, 0.3) is 11.4 Å². The lowest BCUT2D eigenvalue weighted by Gasteiger charge is -2.03. The summed E-state index contributed by atoms with van der Waals surface area (Å²) in [5.41, 5.74) is 1.37. The summed E-state index contributed by atoms with van der Waals surface area (Å²) in [6, 6.07) is 5.29. The van der Waals surface area contributed by atoms with Gasteiger partial charge >= 0.3 is 0 Å². The van der Waals surface area contributed by atoms with E-state index < -0.39 is 0 Å². The predicted octanol–water partition coefficient (Wildman–Crippen LogP) is 2.76. The van der Waals surface area contributed by atoms with Crippen molar-refractivity contribution in [3.05, 3.63) is 45.7 Å². The second-order valence-corrected chi connectivity index (χ2v) is 6.04. The van der Waals surface area contributed by atoms with Crippen molar-refractivity contribution in [2.45, 2.75) is 18.8 Å². The van der Waals surface area contributed by atoms with Crippen molar-refractivity contribution in [1.82, 2.24) is 24.5 Å². The van der Waals surface area contributed by atoms with Gasteiger partial charge in [0.15, 0.2) is 17.2 Å². The molecule has 1 aromatic carbocycles. The molecule has 0 atom stereocenters. The van der Waals surface area contributed by atoms with Crippen LogP contribution in [0.5, 0.6) is 0 Å². The third-order valence-electron chi connectivity index (χ3n) is 4.06. The average molecular weight is 328 g/mol. The van der Waals surface area contributed by atoms with Crippen LogP contribution in [0.2, 0.25) is 5.02 Å². The molecule has 0 amide bonds. The lowest BCUT2D eigenvalue weighted by molar-refractivity contribution is 0.422. The van der Waals surface area contributed by atoms with Gasteiger partial charge in [-0.1, -0.05) is 22.8 Å². The highest BCUT2D eigenvalue weighted by atomic mass is 35.5. The molecule has 1 saturated carbocycles. The van der Waals surface area contributed by atoms with Crippen LogP contribution in [0.25, 0.3) is 28.1 Å². The van der Waals surface area contributed by atoms with Crippen LogP contribution in [-0.4, -0.2) is 24.5 Å². The van der Waals surface area contributed by atoms with Gasteiger partial charge in [-0.05, 0) is 25.0 Å². The molecule has 0 radical (unpaired) electrons. The van der Waals surface area contributed by atoms with Gasteiger partial charge in [-0.2, -0.15) is 4.98 Å². The summed E-state index contributed by atoms with van der Waals surface area (Å²) in [5.74, 6) is 1.40. The van der Waals surface area contributed by atoms with Crippen molar-refractivity contribution in [2.24, 2.45) is 0 Å². The van der Waals surface area contributed by atoms with Crippen LogP contribution >= 0.6 is 11.6 Å². The maximum Gasteiger partial charge on any atom is 0.280 e. The van der Waals surface area contributed by atoms with Crippen molar-refractivity contribution in [1.29, 1.82) is 0 Å². The topological polar surface area (TPSA) is 89.1 Å². The van der Waals surface area contributed by atoms with Crippen LogP contribution in [0.1, 0.15) is 24.6 Å². The molecule has 5 rings (SSSR count). The summed E-state index contributed by atoms with van der Waals surface area (Å²) in [7, 11) is 0. The van der Waals surface area contributed by atoms with Crippen molar-refractivity contribution >= 4 is 28.2 Å². The number of imidazole rings is 1. The van der Waals surface area contributed by atoms with E-state index in [1.807, 2.05) is 6.07 Å². The first-order valence-electron chi connectivity index (χ1n) is 7.24. The van der Waals surface area contributed by atoms with Crippen molar-refractivity contribution in [3.63, 3.8) is 0 Å². The number of aromatic amines is 1. The summed E-state index contributed by atoms with van der Waals surface area (Å²) in [6.07, 6.45) is 3.78. The maximum absolute atomic E-state index is 12.4. The number of H-pyrrole nitrogens is 1. The summed E-state index contributed by atoms with van der Waals surface area (Å²) >= 11 is 6.14. The molecule has 7 nitrogen and oxygen atoms in total. The normalized spacial score (nSPS) is 14.8. The van der Waals surface area contributed by atoms with Gasteiger partial charge in [0, 0.05) is 5.92 Å². The van der Waals surface area contributed by atoms with E-state index in [1.54, 1.807) is 22.9 Å². The first kappa shape index (κ1) is 12.8. The third-order valence-corrected chi connectivity index (χ3v) is 4.38. The first-order valence-corrected chi connectivity index (χ1v) is 7.61. The second-order valence-electron chi connectivity index (χ2n) is 5.63. The fourth-order valence-electron chi connectivity index (χ4n) is 2.75. The Morgan fingerprint density at radius 1 is 1.35 bits per heavy atom. The fourth-order valence-corrected chi connectivity index (χ4v) is 3.01. The molecule has 0 aliphatic heterocycles. The highest BCUT2D eigenvalue weighted by molar-refractivity contribution is 6.35. The minimum Gasteiger partial charge on any atom is -0.332 e. The highest BCUT2D eigenvalue weighted by Crippen LogP contribution is 2.39. The molecule has 0 bridgehead atoms. The molecule has 3 heterocycles. The van der Waals surface area contributed by atoms with Crippen LogP contribution in [-0.2, 0) is 0 Å². The summed E-state index contributed by atoms with van der Waals surface area (Å²) in [6.45, 7) is 0. The van der Waals surface area contributed by atoms with Gasteiger partial charge in [0.05, 0.1) is 15.9 Å². The molecule has 1 aliphatic rings. The molecule has 0 spiro atoms. The lowest BCUT2D eigenvalue weighted by atomic mass is 10.2. The van der Waals surface area contributed by atoms with Crippen LogP contribution in [0.3, 0.4) is 0 Å². The Balaban J connectivity index is 1.80. The zero-order chi connectivity index (χ0) is 15.6. The minimum absolute atomic E-state index is 0.276. The molecule has 0 saturated heterocycles. The van der Waals surface area contributed by atoms with E-state index in [4.69, 9.17) is 16.1 Å². The van der Waals surface area contributed by atoms with Crippen LogP contribution in [0.4, 0.5) is 0 Å². The molecular weight excluding hydrogens is 318 g/mol. The Hall–Kier alpha value is -2.67. The molecular formula is C15H10ClN5O2. The molecule has 0 unspecified atom stereocenters. The number of nitrogens with one attached hydrogen (secondary N) is 1. The van der Waals surface area contributed by atoms with E-state index in [0.29, 0.717) is 44.9 Å². The number of hydrogen-bond acceptors (Lipinski definition) is 5. The van der Waals surface area contributed by atoms with Gasteiger partial charge in [-0.25, -0.2) is 4.98 Å². The first-order chi connectivity index (χ1) is 11.2. The molecule has 8 heteroatoms. The average Bonchev–Trinajstić information content (AvgIpc) is 3.12. The summed E-state index contributed by atoms with van der Waals surface area (Å²) in [5, 5.41) is 4.81. The van der Waals surface area contributed by atoms with E-state index in [2.05, 4.69) is 20.1 Å². The number of hydrogen-bond donors (Lipinski definition) is 1. The second kappa shape index (κ2) is 4.42. The minimum atomic E-state index is -0.276. The smallest absolute Gasteiger partial charge is 0.280 e. The number of halogens is 1. The zero-order valence-corrected chi connectivity index (χ0v) is 12.5. The van der Waals surface area contributed by atoms with Crippen molar-refractivity contribution in [2.75, 3.05) is 0 Å². The number of fused-ring (bicyclic) bond motifs is 3. The third kappa shape index (κ3) is 1.83. The Morgan fingerprint density at radius 2 is 2.22 bits per heavy atom. The molecule has 1 fully saturated rings. The van der Waals surface area contributed by atoms with Crippen LogP contribution < -0.4 is 5.56 Å². The molecule has 1 aliphatic carbocycles. The molecule has 1 N–H and O–H groups in total. The van der Waals surface area contributed by atoms with E-state index in [0.717, 1.165) is 12.8 Å². The molecule has 3 aromatic heterocycles. The number of nitrogens with zero attached hydrogens (tertiary/aromatic N) is 4. The van der Waals surface area contributed by atoms with Crippen molar-refractivity contribution in [3.8, 4) is 11.6 Å². The van der Waals surface area contributed by atoms with Crippen LogP contribution in [0, 0.1) is 0 Å². The Morgan fingerprint density at radius 3 is 3.04 bits per heavy atom. The Bertz CT molecular complexity index is 1120. The zero-order valence-electron chi connectivity index (χ0n) is 11.8. The van der Waals surface area contributed by atoms with Gasteiger partial charge in [-0.3, -0.25) is 9.20 Å². The van der Waals surface area contributed by atoms with Gasteiger partial charge in [-0.15, -0.1) is 0 Å². The summed E-state index contributed by atoms with van der Waals surface area (Å²) in [4.78, 5) is 23.9. The largest absolute Gasteiger partial charge is 0.332 e. The van der Waals surface area contributed by atoms with E-state index in [-0.39, 0.29) is 5.56 Å². The van der Waals surface area contributed by atoms with Crippen molar-refractivity contribution < 1.29 is 4.52 Å². The fraction of sp³-hybridized carbons (Fsp3) is 0.200. The number of aromatic nitrogens is 5. The SMILES string of the molecule is O=c1[nH]c2c(-c3nc(C4CC4)no3)ncn2c2cccc(Cl)c12. The van der Waals surface area contributed by atoms with Gasteiger partial charge < -0.3 is 9.51 Å². The van der Waals surface area contributed by atoms with E-state index in [1.165, 1.54) is 0 Å². The van der Waals surface area contributed by atoms with E-state index in [9.17, 15) is 4.79 Å². The number of rotatable bonds is 2. The molecule has 114 valence electrons. The van der Waals surface area contributed by atoms with Gasteiger partial charge in [0.1, 0.15) is 6.33 Å².